The summed E-state index contributed by atoms with van der Waals surface area (Å²) in [5.74, 6) is 0.483. The van der Waals surface area contributed by atoms with E-state index in [9.17, 15) is 9.59 Å². The van der Waals surface area contributed by atoms with E-state index in [1.165, 1.54) is 23.2 Å². The fraction of sp³-hybridized carbons (Fsp3) is 0.312. The van der Waals surface area contributed by atoms with Crippen LogP contribution >= 0.6 is 0 Å². The van der Waals surface area contributed by atoms with Crippen LogP contribution in [0.1, 0.15) is 11.1 Å². The van der Waals surface area contributed by atoms with Gasteiger partial charge in [-0.2, -0.15) is 0 Å². The zero-order valence-corrected chi connectivity index (χ0v) is 12.7. The molecule has 22 heavy (non-hydrogen) atoms. The summed E-state index contributed by atoms with van der Waals surface area (Å²) in [5.41, 5.74) is 2.00. The highest BCUT2D eigenvalue weighted by atomic mass is 16.5. The zero-order chi connectivity index (χ0) is 15.9. The second-order valence-electron chi connectivity index (χ2n) is 4.95. The number of aryl methyl sites for hydroxylation is 1. The van der Waals surface area contributed by atoms with Crippen LogP contribution in [0.3, 0.4) is 0 Å². The summed E-state index contributed by atoms with van der Waals surface area (Å²) in [6.07, 6.45) is 2.89. The van der Waals surface area contributed by atoms with Crippen LogP contribution in [-0.2, 0) is 11.3 Å². The average molecular weight is 301 g/mol. The minimum Gasteiger partial charge on any atom is -0.483 e. The molecule has 0 spiro atoms. The van der Waals surface area contributed by atoms with Crippen LogP contribution in [0.15, 0.2) is 41.6 Å². The van der Waals surface area contributed by atoms with E-state index in [4.69, 9.17) is 4.74 Å². The molecule has 6 heteroatoms. The third-order valence-electron chi connectivity index (χ3n) is 3.38. The van der Waals surface area contributed by atoms with Crippen molar-refractivity contribution in [2.24, 2.45) is 0 Å². The average Bonchev–Trinajstić information content (AvgIpc) is 2.51. The monoisotopic (exact) mass is 301 g/mol. The third-order valence-corrected chi connectivity index (χ3v) is 3.38. The first-order valence-corrected chi connectivity index (χ1v) is 7.04. The molecule has 0 aliphatic heterocycles. The van der Waals surface area contributed by atoms with Crippen LogP contribution in [0.5, 0.6) is 5.75 Å². The van der Waals surface area contributed by atoms with Gasteiger partial charge in [0.05, 0.1) is 6.33 Å². The number of carbonyl (C=O) groups excluding carboxylic acids is 1. The molecular weight excluding hydrogens is 282 g/mol. The molecule has 0 aliphatic rings. The molecule has 2 aromatic rings. The number of hydrogen-bond acceptors (Lipinski definition) is 4. The summed E-state index contributed by atoms with van der Waals surface area (Å²) in [6, 6.07) is 7.11. The number of rotatable bonds is 6. The smallest absolute Gasteiger partial charge is 0.258 e. The molecule has 0 saturated heterocycles. The first-order chi connectivity index (χ1) is 10.6. The van der Waals surface area contributed by atoms with E-state index >= 15 is 0 Å². The van der Waals surface area contributed by atoms with Crippen molar-refractivity contribution < 1.29 is 9.53 Å². The van der Waals surface area contributed by atoms with Crippen LogP contribution in [0.2, 0.25) is 0 Å². The number of nitrogens with zero attached hydrogens (tertiary/aromatic N) is 2. The first kappa shape index (κ1) is 15.8. The molecular formula is C16H19N3O3. The Labute approximate surface area is 128 Å². The molecule has 0 unspecified atom stereocenters. The Kier molecular flexibility index (Phi) is 5.30. The summed E-state index contributed by atoms with van der Waals surface area (Å²) in [7, 11) is 0. The van der Waals surface area contributed by atoms with Crippen LogP contribution in [0.4, 0.5) is 0 Å². The van der Waals surface area contributed by atoms with Gasteiger partial charge in [-0.25, -0.2) is 4.98 Å². The molecule has 1 heterocycles. The summed E-state index contributed by atoms with van der Waals surface area (Å²) < 4.78 is 6.95. The van der Waals surface area contributed by atoms with Gasteiger partial charge in [-0.05, 0) is 31.0 Å². The van der Waals surface area contributed by atoms with Gasteiger partial charge in [-0.1, -0.05) is 12.1 Å². The predicted molar refractivity (Wildman–Crippen MR) is 82.9 cm³/mol. The normalized spacial score (nSPS) is 10.3. The van der Waals surface area contributed by atoms with Gasteiger partial charge in [0.1, 0.15) is 5.75 Å². The van der Waals surface area contributed by atoms with E-state index in [1.54, 1.807) is 0 Å². The van der Waals surface area contributed by atoms with Crippen molar-refractivity contribution in [2.45, 2.75) is 20.4 Å². The Balaban J connectivity index is 1.78. The van der Waals surface area contributed by atoms with Gasteiger partial charge in [0, 0.05) is 25.4 Å². The Hall–Kier alpha value is -2.63. The predicted octanol–water partition coefficient (Wildman–Crippen LogP) is 1.06. The topological polar surface area (TPSA) is 73.2 Å². The summed E-state index contributed by atoms with van der Waals surface area (Å²) in [4.78, 5) is 27.1. The zero-order valence-electron chi connectivity index (χ0n) is 12.7. The summed E-state index contributed by atoms with van der Waals surface area (Å²) in [5, 5.41) is 2.71. The molecule has 2 rings (SSSR count). The summed E-state index contributed by atoms with van der Waals surface area (Å²) >= 11 is 0. The molecule has 1 aromatic heterocycles. The van der Waals surface area contributed by atoms with Crippen molar-refractivity contribution in [1.82, 2.24) is 14.9 Å². The lowest BCUT2D eigenvalue weighted by Crippen LogP contribution is -2.33. The van der Waals surface area contributed by atoms with Crippen molar-refractivity contribution in [2.75, 3.05) is 13.2 Å². The highest BCUT2D eigenvalue weighted by molar-refractivity contribution is 5.77. The number of carbonyl (C=O) groups is 1. The molecule has 1 aromatic carbocycles. The molecule has 0 saturated carbocycles. The van der Waals surface area contributed by atoms with Crippen molar-refractivity contribution >= 4 is 5.91 Å². The lowest BCUT2D eigenvalue weighted by Gasteiger charge is -2.11. The van der Waals surface area contributed by atoms with E-state index in [0.717, 1.165) is 11.1 Å². The second-order valence-corrected chi connectivity index (χ2v) is 4.95. The number of hydrogen-bond donors (Lipinski definition) is 1. The molecule has 0 bridgehead atoms. The lowest BCUT2D eigenvalue weighted by molar-refractivity contribution is -0.123. The van der Waals surface area contributed by atoms with E-state index in [1.807, 2.05) is 32.0 Å². The third kappa shape index (κ3) is 4.18. The number of ether oxygens (including phenoxy) is 1. The first-order valence-electron chi connectivity index (χ1n) is 7.04. The Morgan fingerprint density at radius 1 is 1.32 bits per heavy atom. The van der Waals surface area contributed by atoms with Crippen LogP contribution in [-0.4, -0.2) is 28.6 Å². The van der Waals surface area contributed by atoms with Crippen LogP contribution in [0.25, 0.3) is 0 Å². The highest BCUT2D eigenvalue weighted by Gasteiger charge is 2.06. The maximum Gasteiger partial charge on any atom is 0.258 e. The van der Waals surface area contributed by atoms with E-state index < -0.39 is 0 Å². The largest absolute Gasteiger partial charge is 0.483 e. The quantitative estimate of drug-likeness (QED) is 0.865. The van der Waals surface area contributed by atoms with Gasteiger partial charge < -0.3 is 10.1 Å². The van der Waals surface area contributed by atoms with Gasteiger partial charge in [0.25, 0.3) is 11.5 Å². The minimum absolute atomic E-state index is 0.0494. The fourth-order valence-electron chi connectivity index (χ4n) is 1.94. The van der Waals surface area contributed by atoms with Gasteiger partial charge >= 0.3 is 0 Å². The van der Waals surface area contributed by atoms with Crippen molar-refractivity contribution in [3.05, 3.63) is 58.3 Å². The molecule has 0 aliphatic carbocycles. The molecule has 1 amide bonds. The Morgan fingerprint density at radius 2 is 2.14 bits per heavy atom. The maximum atomic E-state index is 11.7. The molecule has 0 fully saturated rings. The fourth-order valence-corrected chi connectivity index (χ4v) is 1.94. The number of benzene rings is 1. The van der Waals surface area contributed by atoms with E-state index in [2.05, 4.69) is 10.3 Å². The molecule has 0 atom stereocenters. The maximum absolute atomic E-state index is 11.7. The van der Waals surface area contributed by atoms with Gasteiger partial charge in [-0.3, -0.25) is 14.2 Å². The molecule has 0 radical (unpaired) electrons. The lowest BCUT2D eigenvalue weighted by atomic mass is 10.1. The van der Waals surface area contributed by atoms with Crippen molar-refractivity contribution in [3.63, 3.8) is 0 Å². The second kappa shape index (κ2) is 7.40. The van der Waals surface area contributed by atoms with Crippen LogP contribution in [0, 0.1) is 13.8 Å². The van der Waals surface area contributed by atoms with Gasteiger partial charge in [-0.15, -0.1) is 0 Å². The molecule has 6 nitrogen and oxygen atoms in total. The minimum atomic E-state index is -0.224. The van der Waals surface area contributed by atoms with Crippen LogP contribution < -0.4 is 15.6 Å². The molecule has 116 valence electrons. The summed E-state index contributed by atoms with van der Waals surface area (Å²) in [6.45, 7) is 4.62. The Morgan fingerprint density at radius 3 is 2.91 bits per heavy atom. The Bertz CT molecular complexity index is 710. The van der Waals surface area contributed by atoms with Crippen molar-refractivity contribution in [1.29, 1.82) is 0 Å². The highest BCUT2D eigenvalue weighted by Crippen LogP contribution is 2.20. The number of aromatic nitrogens is 2. The van der Waals surface area contributed by atoms with Crippen molar-refractivity contribution in [3.8, 4) is 5.75 Å². The van der Waals surface area contributed by atoms with E-state index in [0.29, 0.717) is 18.8 Å². The standard InChI is InChI=1S/C16H19N3O3/c1-12-4-3-5-14(13(12)2)22-10-15(20)18-8-9-19-11-17-7-6-16(19)21/h3-7,11H,8-10H2,1-2H3,(H,18,20). The SMILES string of the molecule is Cc1cccc(OCC(=O)NCCn2cnccc2=O)c1C. The number of nitrogens with one attached hydrogen (secondary N) is 1. The molecule has 1 N–H and O–H groups in total. The van der Waals surface area contributed by atoms with E-state index in [-0.39, 0.29) is 18.1 Å². The van der Waals surface area contributed by atoms with Gasteiger partial charge in [0.2, 0.25) is 0 Å². The number of amides is 1. The van der Waals surface area contributed by atoms with Gasteiger partial charge in [0.15, 0.2) is 6.61 Å².